The van der Waals surface area contributed by atoms with Crippen LogP contribution in [0.25, 0.3) is 0 Å². The van der Waals surface area contributed by atoms with Gasteiger partial charge in [-0.25, -0.2) is 0 Å². The molecule has 1 aromatic rings. The fourth-order valence-electron chi connectivity index (χ4n) is 2.96. The number of carbonyl (C=O) groups is 1. The Labute approximate surface area is 125 Å². The molecule has 0 bridgehead atoms. The minimum absolute atomic E-state index is 0.369. The van der Waals surface area contributed by atoms with Crippen molar-refractivity contribution in [1.82, 2.24) is 5.32 Å². The number of aryl methyl sites for hydroxylation is 2. The molecule has 2 unspecified atom stereocenters. The highest BCUT2D eigenvalue weighted by Crippen LogP contribution is 2.39. The zero-order valence-electron chi connectivity index (χ0n) is 12.4. The molecule has 0 radical (unpaired) electrons. The highest BCUT2D eigenvalue weighted by molar-refractivity contribution is 8.00. The van der Waals surface area contributed by atoms with E-state index in [-0.39, 0.29) is 0 Å². The molecular formula is C16H23NO2S. The second-order valence-corrected chi connectivity index (χ2v) is 7.08. The standard InChI is InChI=1S/C16H23NO2S/c1-11-6-7-14(12(2)9-11)20-13-5-4-8-16(10-13,17-3)15(18)19/h6-7,9,13,17H,4-5,8,10H2,1-3H3,(H,18,19). The number of carboxylic acid groups (broad SMARTS) is 1. The summed E-state index contributed by atoms with van der Waals surface area (Å²) >= 11 is 1.83. The molecule has 20 heavy (non-hydrogen) atoms. The van der Waals surface area contributed by atoms with Gasteiger partial charge >= 0.3 is 5.97 Å². The molecule has 2 atom stereocenters. The quantitative estimate of drug-likeness (QED) is 0.893. The van der Waals surface area contributed by atoms with Gasteiger partial charge in [-0.1, -0.05) is 17.7 Å². The Morgan fingerprint density at radius 2 is 2.20 bits per heavy atom. The lowest BCUT2D eigenvalue weighted by Gasteiger charge is -2.37. The summed E-state index contributed by atoms with van der Waals surface area (Å²) in [7, 11) is 1.76. The van der Waals surface area contributed by atoms with Crippen LogP contribution in [0.2, 0.25) is 0 Å². The van der Waals surface area contributed by atoms with Gasteiger partial charge < -0.3 is 10.4 Å². The number of nitrogens with one attached hydrogen (secondary N) is 1. The summed E-state index contributed by atoms with van der Waals surface area (Å²) in [5, 5.41) is 12.9. The molecule has 1 aromatic carbocycles. The second kappa shape index (κ2) is 6.19. The van der Waals surface area contributed by atoms with Crippen LogP contribution in [0.5, 0.6) is 0 Å². The third-order valence-corrected chi connectivity index (χ3v) is 5.67. The van der Waals surface area contributed by atoms with E-state index in [9.17, 15) is 9.90 Å². The number of likely N-dealkylation sites (N-methyl/N-ethyl adjacent to an activating group) is 1. The zero-order chi connectivity index (χ0) is 14.8. The van der Waals surface area contributed by atoms with Gasteiger partial charge in [0.25, 0.3) is 0 Å². The van der Waals surface area contributed by atoms with Gasteiger partial charge in [-0.3, -0.25) is 4.79 Å². The average Bonchev–Trinajstić information content (AvgIpc) is 2.42. The van der Waals surface area contributed by atoms with Gasteiger partial charge in [-0.2, -0.15) is 0 Å². The first-order valence-corrected chi connectivity index (χ1v) is 8.01. The van der Waals surface area contributed by atoms with E-state index in [1.807, 2.05) is 11.8 Å². The lowest BCUT2D eigenvalue weighted by atomic mass is 9.81. The van der Waals surface area contributed by atoms with Crippen molar-refractivity contribution in [2.75, 3.05) is 7.05 Å². The van der Waals surface area contributed by atoms with Crippen LogP contribution in [0.3, 0.4) is 0 Å². The Balaban J connectivity index is 2.11. The lowest BCUT2D eigenvalue weighted by molar-refractivity contribution is -0.146. The van der Waals surface area contributed by atoms with Crippen LogP contribution in [-0.2, 0) is 4.79 Å². The minimum Gasteiger partial charge on any atom is -0.480 e. The summed E-state index contributed by atoms with van der Waals surface area (Å²) < 4.78 is 0. The molecule has 4 heteroatoms. The molecule has 110 valence electrons. The van der Waals surface area contributed by atoms with Crippen molar-refractivity contribution in [2.24, 2.45) is 0 Å². The second-order valence-electron chi connectivity index (χ2n) is 5.74. The van der Waals surface area contributed by atoms with Gasteiger partial charge in [0, 0.05) is 10.1 Å². The first-order chi connectivity index (χ1) is 9.47. The molecule has 0 heterocycles. The molecule has 1 saturated carbocycles. The molecule has 3 nitrogen and oxygen atoms in total. The maximum absolute atomic E-state index is 11.5. The predicted molar refractivity (Wildman–Crippen MR) is 83.5 cm³/mol. The number of benzene rings is 1. The lowest BCUT2D eigenvalue weighted by Crippen LogP contribution is -2.53. The Morgan fingerprint density at radius 1 is 1.45 bits per heavy atom. The molecule has 2 rings (SSSR count). The van der Waals surface area contributed by atoms with Crippen LogP contribution in [-0.4, -0.2) is 28.9 Å². The van der Waals surface area contributed by atoms with Crippen molar-refractivity contribution in [3.05, 3.63) is 29.3 Å². The number of aliphatic carboxylic acids is 1. The maximum atomic E-state index is 11.5. The molecule has 0 amide bonds. The first-order valence-electron chi connectivity index (χ1n) is 7.13. The first kappa shape index (κ1) is 15.4. The summed E-state index contributed by atoms with van der Waals surface area (Å²) in [4.78, 5) is 12.8. The molecule has 0 aliphatic heterocycles. The highest BCUT2D eigenvalue weighted by Gasteiger charge is 2.41. The molecule has 1 fully saturated rings. The van der Waals surface area contributed by atoms with Gasteiger partial charge in [0.2, 0.25) is 0 Å². The van der Waals surface area contributed by atoms with Gasteiger partial charge in [0.05, 0.1) is 0 Å². The molecule has 2 N–H and O–H groups in total. The molecular weight excluding hydrogens is 270 g/mol. The number of hydrogen-bond acceptors (Lipinski definition) is 3. The van der Waals surface area contributed by atoms with Crippen molar-refractivity contribution in [1.29, 1.82) is 0 Å². The Bertz CT molecular complexity index is 503. The van der Waals surface area contributed by atoms with Crippen LogP contribution >= 0.6 is 11.8 Å². The molecule has 1 aliphatic rings. The summed E-state index contributed by atoms with van der Waals surface area (Å²) in [6, 6.07) is 6.47. The molecule has 1 aliphatic carbocycles. The van der Waals surface area contributed by atoms with Gasteiger partial charge in [-0.15, -0.1) is 11.8 Å². The third kappa shape index (κ3) is 3.18. The number of rotatable bonds is 4. The monoisotopic (exact) mass is 293 g/mol. The minimum atomic E-state index is -0.742. The van der Waals surface area contributed by atoms with E-state index >= 15 is 0 Å². The van der Waals surface area contributed by atoms with Crippen molar-refractivity contribution >= 4 is 17.7 Å². The zero-order valence-corrected chi connectivity index (χ0v) is 13.2. The fraction of sp³-hybridized carbons (Fsp3) is 0.562. The summed E-state index contributed by atoms with van der Waals surface area (Å²) in [5.41, 5.74) is 1.81. The van der Waals surface area contributed by atoms with E-state index < -0.39 is 11.5 Å². The van der Waals surface area contributed by atoms with Crippen LogP contribution in [0.4, 0.5) is 0 Å². The van der Waals surface area contributed by atoms with Crippen LogP contribution in [0.1, 0.15) is 36.8 Å². The molecule has 0 aromatic heterocycles. The van der Waals surface area contributed by atoms with Crippen LogP contribution in [0.15, 0.2) is 23.1 Å². The van der Waals surface area contributed by atoms with Crippen molar-refractivity contribution < 1.29 is 9.90 Å². The van der Waals surface area contributed by atoms with Crippen molar-refractivity contribution in [3.63, 3.8) is 0 Å². The van der Waals surface area contributed by atoms with Crippen molar-refractivity contribution in [3.8, 4) is 0 Å². The van der Waals surface area contributed by atoms with E-state index in [1.165, 1.54) is 16.0 Å². The topological polar surface area (TPSA) is 49.3 Å². The molecule has 0 spiro atoms. The summed E-state index contributed by atoms with van der Waals surface area (Å²) in [5.74, 6) is -0.717. The largest absolute Gasteiger partial charge is 0.480 e. The summed E-state index contributed by atoms with van der Waals surface area (Å²) in [6.07, 6.45) is 3.48. The normalized spacial score (nSPS) is 26.4. The van der Waals surface area contributed by atoms with Gasteiger partial charge in [-0.05, 0) is 58.2 Å². The number of hydrogen-bond donors (Lipinski definition) is 2. The van der Waals surface area contributed by atoms with Gasteiger partial charge in [0.15, 0.2) is 0 Å². The fourth-order valence-corrected chi connectivity index (χ4v) is 4.37. The predicted octanol–water partition coefficient (Wildman–Crippen LogP) is 3.38. The Kier molecular flexibility index (Phi) is 4.76. The smallest absolute Gasteiger partial charge is 0.323 e. The number of thioether (sulfide) groups is 1. The van der Waals surface area contributed by atoms with E-state index in [4.69, 9.17) is 0 Å². The maximum Gasteiger partial charge on any atom is 0.323 e. The Morgan fingerprint density at radius 3 is 2.80 bits per heavy atom. The van der Waals surface area contributed by atoms with E-state index in [0.29, 0.717) is 11.7 Å². The van der Waals surface area contributed by atoms with Crippen LogP contribution < -0.4 is 5.32 Å². The Hall–Kier alpha value is -1.00. The van der Waals surface area contributed by atoms with Crippen LogP contribution in [0, 0.1) is 13.8 Å². The van der Waals surface area contributed by atoms with E-state index in [1.54, 1.807) is 7.05 Å². The SMILES string of the molecule is CNC1(C(=O)O)CCCC(Sc2ccc(C)cc2C)C1. The number of carboxylic acids is 1. The van der Waals surface area contributed by atoms with E-state index in [2.05, 4.69) is 37.4 Å². The van der Waals surface area contributed by atoms with E-state index in [0.717, 1.165) is 19.3 Å². The highest BCUT2D eigenvalue weighted by atomic mass is 32.2. The third-order valence-electron chi connectivity index (χ3n) is 4.22. The van der Waals surface area contributed by atoms with Crippen molar-refractivity contribution in [2.45, 2.75) is 55.2 Å². The average molecular weight is 293 g/mol. The van der Waals surface area contributed by atoms with Gasteiger partial charge in [0.1, 0.15) is 5.54 Å². The summed E-state index contributed by atoms with van der Waals surface area (Å²) in [6.45, 7) is 4.22. The molecule has 0 saturated heterocycles.